The van der Waals surface area contributed by atoms with Gasteiger partial charge in [0, 0.05) is 13.0 Å². The smallest absolute Gasteiger partial charge is 0.227 e. The fourth-order valence-electron chi connectivity index (χ4n) is 2.56. The first-order valence-corrected chi connectivity index (χ1v) is 6.69. The summed E-state index contributed by atoms with van der Waals surface area (Å²) in [6, 6.07) is 0. The molecule has 0 unspecified atom stereocenters. The molecular weight excluding hydrogens is 242 g/mol. The van der Waals surface area contributed by atoms with Crippen LogP contribution in [0, 0.1) is 5.92 Å². The van der Waals surface area contributed by atoms with Crippen LogP contribution in [0.25, 0.3) is 5.76 Å². The average Bonchev–Trinajstić information content (AvgIpc) is 2.80. The molecule has 1 amide bonds. The largest absolute Gasteiger partial charge is 0.495 e. The zero-order valence-electron chi connectivity index (χ0n) is 11.6. The summed E-state index contributed by atoms with van der Waals surface area (Å²) in [4.78, 5) is 12.2. The summed E-state index contributed by atoms with van der Waals surface area (Å²) in [5.41, 5.74) is 1.39. The summed E-state index contributed by atoms with van der Waals surface area (Å²) < 4.78 is 6.79. The van der Waals surface area contributed by atoms with E-state index in [-0.39, 0.29) is 11.8 Å². The third kappa shape index (κ3) is 2.97. The molecule has 19 heavy (non-hydrogen) atoms. The topological polar surface area (TPSA) is 56.1 Å². The van der Waals surface area contributed by atoms with Crippen LogP contribution in [0.1, 0.15) is 37.8 Å². The zero-order chi connectivity index (χ0) is 13.8. The minimum atomic E-state index is 0.0813. The molecule has 0 aliphatic heterocycles. The summed E-state index contributed by atoms with van der Waals surface area (Å²) >= 11 is 0. The van der Waals surface area contributed by atoms with Gasteiger partial charge in [0.2, 0.25) is 5.91 Å². The molecule has 0 bridgehead atoms. The zero-order valence-corrected chi connectivity index (χ0v) is 11.6. The van der Waals surface area contributed by atoms with Crippen molar-refractivity contribution in [2.75, 3.05) is 12.4 Å². The number of methoxy groups -OCH3 is 1. The highest BCUT2D eigenvalue weighted by atomic mass is 16.5. The van der Waals surface area contributed by atoms with Gasteiger partial charge in [-0.15, -0.1) is 0 Å². The van der Waals surface area contributed by atoms with Crippen LogP contribution in [0.2, 0.25) is 0 Å². The second kappa shape index (κ2) is 5.91. The number of carbonyl (C=O) groups is 1. The highest BCUT2D eigenvalue weighted by Gasteiger charge is 2.23. The number of aryl methyl sites for hydroxylation is 1. The van der Waals surface area contributed by atoms with Crippen molar-refractivity contribution in [3.05, 3.63) is 18.5 Å². The van der Waals surface area contributed by atoms with Crippen LogP contribution >= 0.6 is 0 Å². The van der Waals surface area contributed by atoms with Gasteiger partial charge in [-0.05, 0) is 12.8 Å². The third-order valence-corrected chi connectivity index (χ3v) is 3.68. The molecule has 1 aliphatic carbocycles. The monoisotopic (exact) mass is 263 g/mol. The molecule has 0 atom stereocenters. The fraction of sp³-hybridized carbons (Fsp3) is 0.571. The van der Waals surface area contributed by atoms with E-state index in [4.69, 9.17) is 4.74 Å². The summed E-state index contributed by atoms with van der Waals surface area (Å²) in [5.74, 6) is 0.703. The molecule has 0 spiro atoms. The van der Waals surface area contributed by atoms with Gasteiger partial charge in [-0.25, -0.2) is 0 Å². The second-order valence-electron chi connectivity index (χ2n) is 4.98. The SMILES string of the molecule is C=C(OC)c1c(NC(=O)C2CCCCC2)cnn1C. The van der Waals surface area contributed by atoms with Crippen LogP contribution < -0.4 is 5.32 Å². The van der Waals surface area contributed by atoms with Crippen LogP contribution in [0.4, 0.5) is 5.69 Å². The summed E-state index contributed by atoms with van der Waals surface area (Å²) in [6.07, 6.45) is 7.12. The van der Waals surface area contributed by atoms with Crippen molar-refractivity contribution >= 4 is 17.4 Å². The molecule has 0 aromatic carbocycles. The Morgan fingerprint density at radius 2 is 2.16 bits per heavy atom. The predicted molar refractivity (Wildman–Crippen MR) is 74.5 cm³/mol. The number of nitrogens with zero attached hydrogens (tertiary/aromatic N) is 2. The number of carbonyl (C=O) groups excluding carboxylic acids is 1. The fourth-order valence-corrected chi connectivity index (χ4v) is 2.56. The van der Waals surface area contributed by atoms with Gasteiger partial charge in [-0.1, -0.05) is 25.8 Å². The Bertz CT molecular complexity index is 473. The van der Waals surface area contributed by atoms with Gasteiger partial charge in [-0.2, -0.15) is 5.10 Å². The molecular formula is C14H21N3O2. The van der Waals surface area contributed by atoms with Crippen molar-refractivity contribution < 1.29 is 9.53 Å². The highest BCUT2D eigenvalue weighted by Crippen LogP contribution is 2.27. The third-order valence-electron chi connectivity index (χ3n) is 3.68. The molecule has 1 aromatic heterocycles. The summed E-state index contributed by atoms with van der Waals surface area (Å²) in [7, 11) is 3.36. The molecule has 1 N–H and O–H groups in total. The van der Waals surface area contributed by atoms with Crippen molar-refractivity contribution in [1.82, 2.24) is 9.78 Å². The lowest BCUT2D eigenvalue weighted by Crippen LogP contribution is -2.25. The molecule has 1 fully saturated rings. The second-order valence-corrected chi connectivity index (χ2v) is 4.98. The number of ether oxygens (including phenoxy) is 1. The Kier molecular flexibility index (Phi) is 4.24. The Morgan fingerprint density at radius 1 is 1.47 bits per heavy atom. The molecule has 1 aliphatic rings. The lowest BCUT2D eigenvalue weighted by atomic mass is 9.88. The van der Waals surface area contributed by atoms with E-state index >= 15 is 0 Å². The van der Waals surface area contributed by atoms with Gasteiger partial charge in [-0.3, -0.25) is 9.48 Å². The Balaban J connectivity index is 2.10. The predicted octanol–water partition coefficient (Wildman–Crippen LogP) is 2.56. The van der Waals surface area contributed by atoms with E-state index in [1.807, 2.05) is 0 Å². The van der Waals surface area contributed by atoms with E-state index in [1.165, 1.54) is 6.42 Å². The van der Waals surface area contributed by atoms with E-state index < -0.39 is 0 Å². The molecule has 5 heteroatoms. The Labute approximate surface area is 113 Å². The quantitative estimate of drug-likeness (QED) is 0.849. The lowest BCUT2D eigenvalue weighted by molar-refractivity contribution is -0.120. The van der Waals surface area contributed by atoms with Crippen LogP contribution in [-0.2, 0) is 16.6 Å². The van der Waals surface area contributed by atoms with E-state index in [1.54, 1.807) is 25.0 Å². The van der Waals surface area contributed by atoms with E-state index in [2.05, 4.69) is 17.0 Å². The maximum absolute atomic E-state index is 12.2. The lowest BCUT2D eigenvalue weighted by Gasteiger charge is -2.20. The van der Waals surface area contributed by atoms with Gasteiger partial charge in [0.15, 0.2) is 0 Å². The Hall–Kier alpha value is -1.78. The van der Waals surface area contributed by atoms with Crippen LogP contribution in [-0.4, -0.2) is 22.8 Å². The minimum Gasteiger partial charge on any atom is -0.495 e. The molecule has 5 nitrogen and oxygen atoms in total. The van der Waals surface area contributed by atoms with Gasteiger partial charge in [0.25, 0.3) is 0 Å². The number of amides is 1. The molecule has 1 saturated carbocycles. The molecule has 0 saturated heterocycles. The Morgan fingerprint density at radius 3 is 2.79 bits per heavy atom. The first-order valence-electron chi connectivity index (χ1n) is 6.69. The van der Waals surface area contributed by atoms with Crippen molar-refractivity contribution in [2.45, 2.75) is 32.1 Å². The standard InChI is InChI=1S/C14H21N3O2/c1-10(19-3)13-12(9-15-17(13)2)16-14(18)11-7-5-4-6-8-11/h9,11H,1,4-8H2,2-3H3,(H,16,18). The first-order chi connectivity index (χ1) is 9.13. The molecule has 1 heterocycles. The van der Waals surface area contributed by atoms with Crippen LogP contribution in [0.3, 0.4) is 0 Å². The van der Waals surface area contributed by atoms with Crippen molar-refractivity contribution in [3.8, 4) is 0 Å². The van der Waals surface area contributed by atoms with E-state index in [9.17, 15) is 4.79 Å². The van der Waals surface area contributed by atoms with Crippen molar-refractivity contribution in [3.63, 3.8) is 0 Å². The van der Waals surface area contributed by atoms with Crippen molar-refractivity contribution in [1.29, 1.82) is 0 Å². The first kappa shape index (κ1) is 13.6. The minimum absolute atomic E-state index is 0.0813. The highest BCUT2D eigenvalue weighted by molar-refractivity contribution is 5.94. The van der Waals surface area contributed by atoms with E-state index in [0.29, 0.717) is 17.1 Å². The summed E-state index contributed by atoms with van der Waals surface area (Å²) in [6.45, 7) is 3.82. The molecule has 2 rings (SSSR count). The van der Waals surface area contributed by atoms with Crippen LogP contribution in [0.5, 0.6) is 0 Å². The van der Waals surface area contributed by atoms with Gasteiger partial charge in [0.1, 0.15) is 11.5 Å². The van der Waals surface area contributed by atoms with Gasteiger partial charge < -0.3 is 10.1 Å². The number of nitrogens with one attached hydrogen (secondary N) is 1. The van der Waals surface area contributed by atoms with E-state index in [0.717, 1.165) is 25.7 Å². The number of aromatic nitrogens is 2. The van der Waals surface area contributed by atoms with Gasteiger partial charge in [0.05, 0.1) is 19.0 Å². The normalized spacial score (nSPS) is 16.1. The maximum atomic E-state index is 12.2. The summed E-state index contributed by atoms with van der Waals surface area (Å²) in [5, 5.41) is 7.10. The number of anilines is 1. The average molecular weight is 263 g/mol. The van der Waals surface area contributed by atoms with Crippen LogP contribution in [0.15, 0.2) is 12.8 Å². The molecule has 104 valence electrons. The molecule has 0 radical (unpaired) electrons. The number of hydrogen-bond acceptors (Lipinski definition) is 3. The number of hydrogen-bond donors (Lipinski definition) is 1. The number of rotatable bonds is 4. The maximum Gasteiger partial charge on any atom is 0.227 e. The van der Waals surface area contributed by atoms with Crippen molar-refractivity contribution in [2.24, 2.45) is 13.0 Å². The molecule has 1 aromatic rings. The van der Waals surface area contributed by atoms with Gasteiger partial charge >= 0.3 is 0 Å².